The van der Waals surface area contributed by atoms with Crippen LogP contribution in [0.15, 0.2) is 46.3 Å². The lowest BCUT2D eigenvalue weighted by Gasteiger charge is -2.09. The van der Waals surface area contributed by atoms with Gasteiger partial charge in [-0.25, -0.2) is 0 Å². The molecule has 3 rings (SSSR count). The second-order valence-electron chi connectivity index (χ2n) is 5.26. The standard InChI is InChI=1S/C17H15BrN2O2S/c18-15-9-7-12(23-15)8-10-16(21)20-14-4-2-1-3-13(14)17(22)19-11-5-6-11/h1-4,7-11H,5-6H2,(H,19,22)(H,20,21)/b10-8+. The Morgan fingerprint density at radius 2 is 1.96 bits per heavy atom. The van der Waals surface area contributed by atoms with Gasteiger partial charge < -0.3 is 10.6 Å². The molecule has 1 saturated carbocycles. The number of carbonyl (C=O) groups excluding carboxylic acids is 2. The molecular weight excluding hydrogens is 376 g/mol. The predicted octanol–water partition coefficient (Wildman–Crippen LogP) is 4.05. The summed E-state index contributed by atoms with van der Waals surface area (Å²) >= 11 is 4.93. The van der Waals surface area contributed by atoms with E-state index in [0.29, 0.717) is 11.3 Å². The van der Waals surface area contributed by atoms with Crippen molar-refractivity contribution < 1.29 is 9.59 Å². The Bertz CT molecular complexity index is 765. The molecule has 23 heavy (non-hydrogen) atoms. The molecule has 0 saturated heterocycles. The van der Waals surface area contributed by atoms with Gasteiger partial charge in [0.05, 0.1) is 15.0 Å². The maximum atomic E-state index is 12.2. The summed E-state index contributed by atoms with van der Waals surface area (Å²) in [5.41, 5.74) is 1.01. The van der Waals surface area contributed by atoms with Crippen molar-refractivity contribution in [1.82, 2.24) is 5.32 Å². The lowest BCUT2D eigenvalue weighted by atomic mass is 10.1. The van der Waals surface area contributed by atoms with Gasteiger partial charge >= 0.3 is 0 Å². The molecule has 0 atom stereocenters. The molecule has 1 fully saturated rings. The van der Waals surface area contributed by atoms with Crippen molar-refractivity contribution in [3.63, 3.8) is 0 Å². The van der Waals surface area contributed by atoms with Crippen LogP contribution in [-0.4, -0.2) is 17.9 Å². The minimum absolute atomic E-state index is 0.144. The van der Waals surface area contributed by atoms with E-state index in [4.69, 9.17) is 0 Å². The molecule has 4 nitrogen and oxygen atoms in total. The number of halogens is 1. The van der Waals surface area contributed by atoms with Crippen LogP contribution in [0.4, 0.5) is 5.69 Å². The number of hydrogen-bond donors (Lipinski definition) is 2. The fourth-order valence-electron chi connectivity index (χ4n) is 2.03. The van der Waals surface area contributed by atoms with Crippen LogP contribution in [0.5, 0.6) is 0 Å². The van der Waals surface area contributed by atoms with E-state index in [2.05, 4.69) is 26.6 Å². The molecule has 1 aliphatic rings. The number of amides is 2. The van der Waals surface area contributed by atoms with Crippen molar-refractivity contribution in [2.75, 3.05) is 5.32 Å². The third-order valence-corrected chi connectivity index (χ3v) is 4.92. The first kappa shape index (κ1) is 16.0. The second-order valence-corrected chi connectivity index (χ2v) is 7.75. The highest BCUT2D eigenvalue weighted by Crippen LogP contribution is 2.23. The average Bonchev–Trinajstić information content (AvgIpc) is 3.25. The highest BCUT2D eigenvalue weighted by atomic mass is 79.9. The number of hydrogen-bond acceptors (Lipinski definition) is 3. The van der Waals surface area contributed by atoms with Crippen molar-refractivity contribution in [2.24, 2.45) is 0 Å². The quantitative estimate of drug-likeness (QED) is 0.756. The number of thiophene rings is 1. The summed E-state index contributed by atoms with van der Waals surface area (Å²) in [4.78, 5) is 25.2. The number of anilines is 1. The third kappa shape index (κ3) is 4.53. The fraction of sp³-hybridized carbons (Fsp3) is 0.176. The van der Waals surface area contributed by atoms with Gasteiger partial charge in [-0.1, -0.05) is 12.1 Å². The summed E-state index contributed by atoms with van der Waals surface area (Å²) in [6.45, 7) is 0. The van der Waals surface area contributed by atoms with Gasteiger partial charge in [-0.15, -0.1) is 11.3 Å². The molecule has 1 aliphatic carbocycles. The Hall–Kier alpha value is -1.92. The van der Waals surface area contributed by atoms with Gasteiger partial charge in [0.25, 0.3) is 5.91 Å². The van der Waals surface area contributed by atoms with Crippen LogP contribution in [0.3, 0.4) is 0 Å². The smallest absolute Gasteiger partial charge is 0.253 e. The van der Waals surface area contributed by atoms with E-state index in [0.717, 1.165) is 21.5 Å². The van der Waals surface area contributed by atoms with E-state index in [1.54, 1.807) is 41.7 Å². The fourth-order valence-corrected chi connectivity index (χ4v) is 3.36. The summed E-state index contributed by atoms with van der Waals surface area (Å²) < 4.78 is 1.01. The summed E-state index contributed by atoms with van der Waals surface area (Å²) in [6.07, 6.45) is 5.27. The van der Waals surface area contributed by atoms with Crippen molar-refractivity contribution >= 4 is 50.8 Å². The zero-order valence-corrected chi connectivity index (χ0v) is 14.6. The van der Waals surface area contributed by atoms with Crippen LogP contribution in [0.25, 0.3) is 6.08 Å². The molecule has 0 spiro atoms. The summed E-state index contributed by atoms with van der Waals surface area (Å²) in [5.74, 6) is -0.407. The first-order valence-corrected chi connectivity index (χ1v) is 8.87. The van der Waals surface area contributed by atoms with Crippen molar-refractivity contribution in [3.05, 3.63) is 56.7 Å². The Balaban J connectivity index is 1.68. The minimum Gasteiger partial charge on any atom is -0.349 e. The summed E-state index contributed by atoms with van der Waals surface area (Å²) in [7, 11) is 0. The highest BCUT2D eigenvalue weighted by molar-refractivity contribution is 9.11. The first-order valence-electron chi connectivity index (χ1n) is 7.26. The third-order valence-electron chi connectivity index (χ3n) is 3.34. The Morgan fingerprint density at radius 3 is 2.65 bits per heavy atom. The second kappa shape index (κ2) is 7.10. The molecule has 2 N–H and O–H groups in total. The molecule has 1 heterocycles. The summed E-state index contributed by atoms with van der Waals surface area (Å²) in [5, 5.41) is 5.70. The maximum absolute atomic E-state index is 12.2. The van der Waals surface area contributed by atoms with Gasteiger partial charge in [0, 0.05) is 17.0 Å². The maximum Gasteiger partial charge on any atom is 0.253 e. The van der Waals surface area contributed by atoms with E-state index in [-0.39, 0.29) is 17.9 Å². The SMILES string of the molecule is O=C(/C=C/c1ccc(Br)s1)Nc1ccccc1C(=O)NC1CC1. The molecule has 2 aromatic rings. The number of carbonyl (C=O) groups is 2. The van der Waals surface area contributed by atoms with Crippen LogP contribution in [-0.2, 0) is 4.79 Å². The lowest BCUT2D eigenvalue weighted by molar-refractivity contribution is -0.111. The molecular formula is C17H15BrN2O2S. The van der Waals surface area contributed by atoms with Gasteiger partial charge in [-0.2, -0.15) is 0 Å². The van der Waals surface area contributed by atoms with Crippen LogP contribution in [0.1, 0.15) is 28.1 Å². The number of rotatable bonds is 5. The number of para-hydroxylation sites is 1. The van der Waals surface area contributed by atoms with E-state index >= 15 is 0 Å². The molecule has 0 radical (unpaired) electrons. The largest absolute Gasteiger partial charge is 0.349 e. The van der Waals surface area contributed by atoms with E-state index in [9.17, 15) is 9.59 Å². The van der Waals surface area contributed by atoms with Gasteiger partial charge in [-0.05, 0) is 59.1 Å². The van der Waals surface area contributed by atoms with E-state index < -0.39 is 0 Å². The zero-order chi connectivity index (χ0) is 16.2. The Labute approximate surface area is 146 Å². The number of nitrogens with one attached hydrogen (secondary N) is 2. The molecule has 1 aromatic carbocycles. The van der Waals surface area contributed by atoms with Crippen molar-refractivity contribution in [1.29, 1.82) is 0 Å². The first-order chi connectivity index (χ1) is 11.1. The topological polar surface area (TPSA) is 58.2 Å². The van der Waals surface area contributed by atoms with Crippen molar-refractivity contribution in [3.8, 4) is 0 Å². The minimum atomic E-state index is -0.263. The molecule has 0 aliphatic heterocycles. The van der Waals surface area contributed by atoms with Crippen LogP contribution < -0.4 is 10.6 Å². The van der Waals surface area contributed by atoms with Gasteiger partial charge in [0.1, 0.15) is 0 Å². The lowest BCUT2D eigenvalue weighted by Crippen LogP contribution is -2.26. The molecule has 0 bridgehead atoms. The molecule has 0 unspecified atom stereocenters. The molecule has 6 heteroatoms. The normalized spacial score (nSPS) is 14.0. The van der Waals surface area contributed by atoms with Crippen LogP contribution in [0, 0.1) is 0 Å². The van der Waals surface area contributed by atoms with Crippen molar-refractivity contribution in [2.45, 2.75) is 18.9 Å². The highest BCUT2D eigenvalue weighted by Gasteiger charge is 2.24. The van der Waals surface area contributed by atoms with Crippen LogP contribution >= 0.6 is 27.3 Å². The Morgan fingerprint density at radius 1 is 1.17 bits per heavy atom. The molecule has 118 valence electrons. The van der Waals surface area contributed by atoms with Gasteiger partial charge in [0.15, 0.2) is 0 Å². The van der Waals surface area contributed by atoms with Gasteiger partial charge in [0.2, 0.25) is 5.91 Å². The van der Waals surface area contributed by atoms with E-state index in [1.165, 1.54) is 6.08 Å². The Kier molecular flexibility index (Phi) is 4.93. The monoisotopic (exact) mass is 390 g/mol. The van der Waals surface area contributed by atoms with E-state index in [1.807, 2.05) is 12.1 Å². The zero-order valence-electron chi connectivity index (χ0n) is 12.2. The average molecular weight is 391 g/mol. The molecule has 2 amide bonds. The molecule has 1 aromatic heterocycles. The number of benzene rings is 1. The summed E-state index contributed by atoms with van der Waals surface area (Å²) in [6, 6.07) is 11.2. The predicted molar refractivity (Wildman–Crippen MR) is 96.6 cm³/mol. The van der Waals surface area contributed by atoms with Crippen LogP contribution in [0.2, 0.25) is 0 Å². The van der Waals surface area contributed by atoms with Gasteiger partial charge in [-0.3, -0.25) is 9.59 Å².